The van der Waals surface area contributed by atoms with Crippen molar-refractivity contribution in [3.8, 4) is 0 Å². The van der Waals surface area contributed by atoms with E-state index in [4.69, 9.17) is 9.47 Å². The third-order valence-electron chi connectivity index (χ3n) is 3.05. The molecule has 1 fully saturated rings. The van der Waals surface area contributed by atoms with Gasteiger partial charge in [-0.05, 0) is 13.8 Å². The summed E-state index contributed by atoms with van der Waals surface area (Å²) in [5, 5.41) is 2.62. The number of morpholine rings is 1. The molecule has 1 amide bonds. The molecule has 0 aromatic heterocycles. The first-order valence-corrected chi connectivity index (χ1v) is 6.30. The first kappa shape index (κ1) is 14.9. The first-order valence-electron chi connectivity index (χ1n) is 6.30. The number of nitrogens with zero attached hydrogens (tertiary/aromatic N) is 1. The van der Waals surface area contributed by atoms with Crippen molar-refractivity contribution >= 4 is 11.9 Å². The van der Waals surface area contributed by atoms with E-state index in [9.17, 15) is 9.59 Å². The largest absolute Gasteiger partial charge is 0.466 e. The molecule has 0 spiro atoms. The Morgan fingerprint density at radius 1 is 1.56 bits per heavy atom. The Balaban J connectivity index is 2.59. The van der Waals surface area contributed by atoms with E-state index >= 15 is 0 Å². The average Bonchev–Trinajstić information content (AvgIpc) is 2.38. The number of nitrogens with one attached hydrogen (secondary N) is 1. The van der Waals surface area contributed by atoms with E-state index < -0.39 is 0 Å². The summed E-state index contributed by atoms with van der Waals surface area (Å²) < 4.78 is 10.2. The van der Waals surface area contributed by atoms with Crippen LogP contribution in [0, 0.1) is 0 Å². The maximum absolute atomic E-state index is 11.7. The van der Waals surface area contributed by atoms with E-state index in [1.54, 1.807) is 14.0 Å². The van der Waals surface area contributed by atoms with Crippen LogP contribution in [0.3, 0.4) is 0 Å². The predicted octanol–water partition coefficient (Wildman–Crippen LogP) is -0.225. The van der Waals surface area contributed by atoms with Gasteiger partial charge < -0.3 is 14.8 Å². The number of hydrogen-bond donors (Lipinski definition) is 1. The van der Waals surface area contributed by atoms with Crippen LogP contribution in [-0.4, -0.2) is 62.3 Å². The molecule has 2 atom stereocenters. The van der Waals surface area contributed by atoms with Gasteiger partial charge in [-0.2, -0.15) is 0 Å². The van der Waals surface area contributed by atoms with Gasteiger partial charge in [-0.1, -0.05) is 0 Å². The molecule has 1 aliphatic heterocycles. The molecule has 6 nitrogen and oxygen atoms in total. The first-order chi connectivity index (χ1) is 8.60. The molecule has 0 aromatic carbocycles. The van der Waals surface area contributed by atoms with Gasteiger partial charge in [0.2, 0.25) is 5.91 Å². The summed E-state index contributed by atoms with van der Waals surface area (Å²) in [5.41, 5.74) is 0. The molecular formula is C12H22N2O4. The summed E-state index contributed by atoms with van der Waals surface area (Å²) in [4.78, 5) is 25.2. The number of esters is 1. The summed E-state index contributed by atoms with van der Waals surface area (Å²) in [6.07, 6.45) is 0.293. The zero-order chi connectivity index (χ0) is 13.5. The van der Waals surface area contributed by atoms with Gasteiger partial charge in [0.05, 0.1) is 26.2 Å². The minimum Gasteiger partial charge on any atom is -0.466 e. The lowest BCUT2D eigenvalue weighted by Crippen LogP contribution is -2.56. The molecule has 0 aliphatic carbocycles. The summed E-state index contributed by atoms with van der Waals surface area (Å²) in [5.74, 6) is -0.308. The van der Waals surface area contributed by atoms with Gasteiger partial charge in [0, 0.05) is 19.6 Å². The smallest absolute Gasteiger partial charge is 0.307 e. The summed E-state index contributed by atoms with van der Waals surface area (Å²) >= 11 is 0. The Labute approximate surface area is 108 Å². The standard InChI is InChI=1S/C12H22N2O4/c1-4-18-11(15)7-9(2)14-5-6-17-8-10(14)12(16)13-3/h9-10H,4-8H2,1-3H3,(H,13,16). The van der Waals surface area contributed by atoms with E-state index in [2.05, 4.69) is 5.32 Å². The topological polar surface area (TPSA) is 67.9 Å². The van der Waals surface area contributed by atoms with Crippen LogP contribution in [0.15, 0.2) is 0 Å². The monoisotopic (exact) mass is 258 g/mol. The lowest BCUT2D eigenvalue weighted by Gasteiger charge is -2.38. The van der Waals surface area contributed by atoms with Crippen molar-refractivity contribution in [1.29, 1.82) is 0 Å². The Kier molecular flexibility index (Phi) is 6.07. The Morgan fingerprint density at radius 2 is 2.28 bits per heavy atom. The summed E-state index contributed by atoms with van der Waals surface area (Å²) in [6.45, 7) is 5.70. The highest BCUT2D eigenvalue weighted by Crippen LogP contribution is 2.14. The van der Waals surface area contributed by atoms with Crippen LogP contribution in [0.1, 0.15) is 20.3 Å². The van der Waals surface area contributed by atoms with Crippen LogP contribution in [-0.2, 0) is 19.1 Å². The van der Waals surface area contributed by atoms with Gasteiger partial charge in [0.25, 0.3) is 0 Å². The normalized spacial score (nSPS) is 22.3. The predicted molar refractivity (Wildman–Crippen MR) is 66.1 cm³/mol. The van der Waals surface area contributed by atoms with Crippen LogP contribution in [0.25, 0.3) is 0 Å². The quantitative estimate of drug-likeness (QED) is 0.690. The number of likely N-dealkylation sites (N-methyl/N-ethyl adjacent to an activating group) is 1. The van der Waals surface area contributed by atoms with E-state index in [-0.39, 0.29) is 24.0 Å². The minimum absolute atomic E-state index is 0.0322. The highest BCUT2D eigenvalue weighted by Gasteiger charge is 2.32. The third-order valence-corrected chi connectivity index (χ3v) is 3.05. The zero-order valence-corrected chi connectivity index (χ0v) is 11.3. The van der Waals surface area contributed by atoms with Gasteiger partial charge >= 0.3 is 5.97 Å². The number of carbonyl (C=O) groups excluding carboxylic acids is 2. The summed E-state index contributed by atoms with van der Waals surface area (Å²) in [7, 11) is 1.60. The van der Waals surface area contributed by atoms with Gasteiger partial charge in [-0.25, -0.2) is 0 Å². The molecule has 1 heterocycles. The number of ether oxygens (including phenoxy) is 2. The van der Waals surface area contributed by atoms with Crippen LogP contribution < -0.4 is 5.32 Å². The second-order valence-electron chi connectivity index (χ2n) is 4.30. The van der Waals surface area contributed by atoms with Crippen molar-refractivity contribution < 1.29 is 19.1 Å². The van der Waals surface area contributed by atoms with E-state index in [0.29, 0.717) is 32.8 Å². The van der Waals surface area contributed by atoms with Crippen LogP contribution in [0.4, 0.5) is 0 Å². The highest BCUT2D eigenvalue weighted by molar-refractivity contribution is 5.81. The molecule has 1 aliphatic rings. The lowest BCUT2D eigenvalue weighted by atomic mass is 10.1. The minimum atomic E-state index is -0.326. The fourth-order valence-electron chi connectivity index (χ4n) is 2.12. The molecule has 6 heteroatoms. The van der Waals surface area contributed by atoms with Crippen molar-refractivity contribution in [3.05, 3.63) is 0 Å². The van der Waals surface area contributed by atoms with Crippen molar-refractivity contribution in [1.82, 2.24) is 10.2 Å². The molecular weight excluding hydrogens is 236 g/mol. The van der Waals surface area contributed by atoms with Gasteiger partial charge in [0.1, 0.15) is 6.04 Å². The van der Waals surface area contributed by atoms with Gasteiger partial charge in [0.15, 0.2) is 0 Å². The maximum Gasteiger partial charge on any atom is 0.307 e. The molecule has 1 rings (SSSR count). The van der Waals surface area contributed by atoms with Crippen LogP contribution in [0.5, 0.6) is 0 Å². The number of amides is 1. The third kappa shape index (κ3) is 3.96. The fourth-order valence-corrected chi connectivity index (χ4v) is 2.12. The van der Waals surface area contributed by atoms with E-state index in [0.717, 1.165) is 0 Å². The molecule has 0 bridgehead atoms. The Bertz CT molecular complexity index is 296. The Morgan fingerprint density at radius 3 is 2.89 bits per heavy atom. The molecule has 0 radical (unpaired) electrons. The van der Waals surface area contributed by atoms with Crippen LogP contribution >= 0.6 is 0 Å². The Hall–Kier alpha value is -1.14. The summed E-state index contributed by atoms with van der Waals surface area (Å²) in [6, 6.07) is -0.358. The fraction of sp³-hybridized carbons (Fsp3) is 0.833. The zero-order valence-electron chi connectivity index (χ0n) is 11.3. The number of rotatable bonds is 5. The average molecular weight is 258 g/mol. The maximum atomic E-state index is 11.7. The van der Waals surface area contributed by atoms with Crippen molar-refractivity contribution in [3.63, 3.8) is 0 Å². The highest BCUT2D eigenvalue weighted by atomic mass is 16.5. The molecule has 104 valence electrons. The molecule has 2 unspecified atom stereocenters. The molecule has 0 saturated carbocycles. The molecule has 0 aromatic rings. The molecule has 1 saturated heterocycles. The second-order valence-corrected chi connectivity index (χ2v) is 4.30. The number of hydrogen-bond acceptors (Lipinski definition) is 5. The second kappa shape index (κ2) is 7.33. The lowest BCUT2D eigenvalue weighted by molar-refractivity contribution is -0.147. The molecule has 18 heavy (non-hydrogen) atoms. The number of carbonyl (C=O) groups is 2. The van der Waals surface area contributed by atoms with Crippen molar-refractivity contribution in [2.45, 2.75) is 32.4 Å². The van der Waals surface area contributed by atoms with Crippen molar-refractivity contribution in [2.24, 2.45) is 0 Å². The van der Waals surface area contributed by atoms with E-state index in [1.165, 1.54) is 0 Å². The van der Waals surface area contributed by atoms with Crippen LogP contribution in [0.2, 0.25) is 0 Å². The van der Waals surface area contributed by atoms with Crippen molar-refractivity contribution in [2.75, 3.05) is 33.4 Å². The molecule has 1 N–H and O–H groups in total. The SMILES string of the molecule is CCOC(=O)CC(C)N1CCOCC1C(=O)NC. The van der Waals surface area contributed by atoms with Gasteiger partial charge in [-0.15, -0.1) is 0 Å². The van der Waals surface area contributed by atoms with E-state index in [1.807, 2.05) is 11.8 Å². The van der Waals surface area contributed by atoms with Gasteiger partial charge in [-0.3, -0.25) is 14.5 Å².